The first kappa shape index (κ1) is 11.9. The van der Waals surface area contributed by atoms with Gasteiger partial charge in [-0.15, -0.1) is 0 Å². The zero-order valence-electron chi connectivity index (χ0n) is 10.4. The minimum atomic E-state index is -3.41. The van der Waals surface area contributed by atoms with Crippen molar-refractivity contribution in [3.8, 4) is 0 Å². The minimum absolute atomic E-state index is 0.241. The third-order valence-corrected chi connectivity index (χ3v) is 5.09. The van der Waals surface area contributed by atoms with Gasteiger partial charge in [-0.3, -0.25) is 0 Å². The quantitative estimate of drug-likeness (QED) is 0.763. The van der Waals surface area contributed by atoms with Gasteiger partial charge in [-0.05, 0) is 37.8 Å². The first-order chi connectivity index (χ1) is 8.58. The van der Waals surface area contributed by atoms with E-state index >= 15 is 0 Å². The molecule has 1 saturated heterocycles. The second-order valence-electron chi connectivity index (χ2n) is 5.03. The number of anilines is 1. The highest BCUT2D eigenvalue weighted by atomic mass is 32.2. The van der Waals surface area contributed by atoms with Gasteiger partial charge < -0.3 is 4.90 Å². The number of nitrogens with one attached hydrogen (secondary N) is 1. The van der Waals surface area contributed by atoms with Crippen LogP contribution in [0.4, 0.5) is 5.82 Å². The monoisotopic (exact) mass is 267 g/mol. The number of aromatic nitrogens is 1. The number of pyridine rings is 1. The number of hydrogen-bond donors (Lipinski definition) is 1. The molecule has 1 aromatic heterocycles. The summed E-state index contributed by atoms with van der Waals surface area (Å²) in [6.07, 6.45) is 5.03. The molecule has 0 aromatic carbocycles. The molecule has 0 unspecified atom stereocenters. The maximum atomic E-state index is 12.2. The standard InChI is InChI=1S/C12H17N3O2S/c1-9-6-11-12(13-7-9)15-5-3-2-4-10(15)8-14-18(11,16)17/h6-7,10,14H,2-5,8H2,1H3/t10-/m0/s1. The van der Waals surface area contributed by atoms with Crippen molar-refractivity contribution in [3.63, 3.8) is 0 Å². The molecule has 0 aliphatic carbocycles. The van der Waals surface area contributed by atoms with E-state index in [-0.39, 0.29) is 6.04 Å². The molecule has 0 amide bonds. The Balaban J connectivity index is 2.17. The number of piperidine rings is 1. The molecule has 5 nitrogen and oxygen atoms in total. The lowest BCUT2D eigenvalue weighted by Crippen LogP contribution is -2.44. The molecule has 1 fully saturated rings. The average molecular weight is 267 g/mol. The van der Waals surface area contributed by atoms with Crippen LogP contribution in [-0.4, -0.2) is 32.5 Å². The van der Waals surface area contributed by atoms with Gasteiger partial charge in [-0.1, -0.05) is 0 Å². The molecule has 0 radical (unpaired) electrons. The van der Waals surface area contributed by atoms with Gasteiger partial charge in [-0.2, -0.15) is 0 Å². The number of fused-ring (bicyclic) bond motifs is 3. The van der Waals surface area contributed by atoms with Crippen molar-refractivity contribution >= 4 is 15.8 Å². The van der Waals surface area contributed by atoms with Crippen molar-refractivity contribution < 1.29 is 8.42 Å². The SMILES string of the molecule is Cc1cnc2c(c1)S(=O)(=O)NC[C@@H]1CCCCN21. The van der Waals surface area contributed by atoms with Crippen molar-refractivity contribution in [3.05, 3.63) is 17.8 Å². The van der Waals surface area contributed by atoms with Gasteiger partial charge in [0.1, 0.15) is 10.7 Å². The minimum Gasteiger partial charge on any atom is -0.351 e. The van der Waals surface area contributed by atoms with Crippen LogP contribution in [0.1, 0.15) is 24.8 Å². The molecular weight excluding hydrogens is 250 g/mol. The van der Waals surface area contributed by atoms with Crippen molar-refractivity contribution in [2.24, 2.45) is 0 Å². The fraction of sp³-hybridized carbons (Fsp3) is 0.583. The molecule has 0 saturated carbocycles. The lowest BCUT2D eigenvalue weighted by molar-refractivity contribution is 0.454. The molecular formula is C12H17N3O2S. The molecule has 98 valence electrons. The van der Waals surface area contributed by atoms with E-state index in [1.54, 1.807) is 12.3 Å². The summed E-state index contributed by atoms with van der Waals surface area (Å²) in [5, 5.41) is 0. The lowest BCUT2D eigenvalue weighted by atomic mass is 10.0. The molecule has 2 aliphatic rings. The predicted octanol–water partition coefficient (Wildman–Crippen LogP) is 1.04. The fourth-order valence-corrected chi connectivity index (χ4v) is 4.04. The average Bonchev–Trinajstić information content (AvgIpc) is 2.46. The van der Waals surface area contributed by atoms with Crippen molar-refractivity contribution in [2.75, 3.05) is 18.0 Å². The van der Waals surface area contributed by atoms with Gasteiger partial charge in [0.2, 0.25) is 10.0 Å². The first-order valence-corrected chi connectivity index (χ1v) is 7.79. The summed E-state index contributed by atoms with van der Waals surface area (Å²) in [5.41, 5.74) is 0.870. The third-order valence-electron chi connectivity index (χ3n) is 3.67. The summed E-state index contributed by atoms with van der Waals surface area (Å²) in [4.78, 5) is 6.84. The summed E-state index contributed by atoms with van der Waals surface area (Å²) >= 11 is 0. The zero-order valence-corrected chi connectivity index (χ0v) is 11.2. The molecule has 0 bridgehead atoms. The number of hydrogen-bond acceptors (Lipinski definition) is 4. The molecule has 3 heterocycles. The molecule has 3 rings (SSSR count). The predicted molar refractivity (Wildman–Crippen MR) is 69.1 cm³/mol. The largest absolute Gasteiger partial charge is 0.351 e. The number of aryl methyl sites for hydroxylation is 1. The van der Waals surface area contributed by atoms with E-state index in [0.29, 0.717) is 17.3 Å². The summed E-state index contributed by atoms with van der Waals surface area (Å²) in [6, 6.07) is 1.95. The maximum absolute atomic E-state index is 12.2. The number of nitrogens with zero attached hydrogens (tertiary/aromatic N) is 2. The fourth-order valence-electron chi connectivity index (χ4n) is 2.72. The van der Waals surface area contributed by atoms with E-state index in [1.807, 2.05) is 6.92 Å². The Morgan fingerprint density at radius 1 is 1.44 bits per heavy atom. The Labute approximate surface area is 107 Å². The van der Waals surface area contributed by atoms with Gasteiger partial charge in [0.05, 0.1) is 0 Å². The topological polar surface area (TPSA) is 62.3 Å². The highest BCUT2D eigenvalue weighted by Gasteiger charge is 2.33. The number of rotatable bonds is 0. The zero-order chi connectivity index (χ0) is 12.8. The van der Waals surface area contributed by atoms with Crippen LogP contribution in [0.15, 0.2) is 17.2 Å². The molecule has 1 atom stereocenters. The summed E-state index contributed by atoms with van der Waals surface area (Å²) in [6.45, 7) is 3.24. The van der Waals surface area contributed by atoms with Gasteiger partial charge >= 0.3 is 0 Å². The Morgan fingerprint density at radius 2 is 2.28 bits per heavy atom. The van der Waals surface area contributed by atoms with Crippen molar-refractivity contribution in [1.82, 2.24) is 9.71 Å². The van der Waals surface area contributed by atoms with E-state index in [4.69, 9.17) is 0 Å². The molecule has 0 spiro atoms. The maximum Gasteiger partial charge on any atom is 0.244 e. The molecule has 2 aliphatic heterocycles. The second kappa shape index (κ2) is 4.20. The Kier molecular flexibility index (Phi) is 2.79. The smallest absolute Gasteiger partial charge is 0.244 e. The summed E-state index contributed by atoms with van der Waals surface area (Å²) in [5.74, 6) is 0.621. The molecule has 6 heteroatoms. The van der Waals surface area contributed by atoms with E-state index in [0.717, 1.165) is 31.4 Å². The van der Waals surface area contributed by atoms with Crippen LogP contribution < -0.4 is 9.62 Å². The second-order valence-corrected chi connectivity index (χ2v) is 6.76. The van der Waals surface area contributed by atoms with E-state index in [2.05, 4.69) is 14.6 Å². The molecule has 1 aromatic rings. The van der Waals surface area contributed by atoms with Crippen LogP contribution in [0.2, 0.25) is 0 Å². The summed E-state index contributed by atoms with van der Waals surface area (Å²) in [7, 11) is -3.41. The van der Waals surface area contributed by atoms with Crippen LogP contribution in [0, 0.1) is 6.92 Å². The van der Waals surface area contributed by atoms with Crippen molar-refractivity contribution in [2.45, 2.75) is 37.1 Å². The van der Waals surface area contributed by atoms with E-state index in [1.165, 1.54) is 0 Å². The summed E-state index contributed by atoms with van der Waals surface area (Å²) < 4.78 is 27.1. The van der Waals surface area contributed by atoms with E-state index < -0.39 is 10.0 Å². The van der Waals surface area contributed by atoms with Gasteiger partial charge in [0, 0.05) is 25.3 Å². The van der Waals surface area contributed by atoms with Crippen LogP contribution >= 0.6 is 0 Å². The van der Waals surface area contributed by atoms with E-state index in [9.17, 15) is 8.42 Å². The van der Waals surface area contributed by atoms with Crippen molar-refractivity contribution in [1.29, 1.82) is 0 Å². The van der Waals surface area contributed by atoms with Crippen LogP contribution in [0.3, 0.4) is 0 Å². The normalized spacial score (nSPS) is 26.1. The lowest BCUT2D eigenvalue weighted by Gasteiger charge is -2.35. The first-order valence-electron chi connectivity index (χ1n) is 6.31. The Hall–Kier alpha value is -1.14. The third kappa shape index (κ3) is 1.89. The van der Waals surface area contributed by atoms with Gasteiger partial charge in [0.15, 0.2) is 0 Å². The van der Waals surface area contributed by atoms with Crippen LogP contribution in [0.25, 0.3) is 0 Å². The highest BCUT2D eigenvalue weighted by Crippen LogP contribution is 2.31. The van der Waals surface area contributed by atoms with Gasteiger partial charge in [-0.25, -0.2) is 18.1 Å². The molecule has 18 heavy (non-hydrogen) atoms. The Bertz CT molecular complexity index is 571. The van der Waals surface area contributed by atoms with Crippen LogP contribution in [0.5, 0.6) is 0 Å². The Morgan fingerprint density at radius 3 is 3.11 bits per heavy atom. The highest BCUT2D eigenvalue weighted by molar-refractivity contribution is 7.89. The van der Waals surface area contributed by atoms with Gasteiger partial charge in [0.25, 0.3) is 0 Å². The number of sulfonamides is 1. The van der Waals surface area contributed by atoms with Crippen LogP contribution in [-0.2, 0) is 10.0 Å². The molecule has 1 N–H and O–H groups in total.